The summed E-state index contributed by atoms with van der Waals surface area (Å²) in [5.41, 5.74) is 5.87. The van der Waals surface area contributed by atoms with Crippen LogP contribution >= 0.6 is 0 Å². The molecule has 0 bridgehead atoms. The molecule has 0 saturated heterocycles. The fourth-order valence-electron chi connectivity index (χ4n) is 1.27. The first-order valence-electron chi connectivity index (χ1n) is 5.32. The van der Waals surface area contributed by atoms with Crippen molar-refractivity contribution in [3.05, 3.63) is 18.0 Å². The molecule has 0 radical (unpaired) electrons. The lowest BCUT2D eigenvalue weighted by Crippen LogP contribution is -2.10. The Morgan fingerprint density at radius 1 is 1.35 bits per heavy atom. The molecule has 17 heavy (non-hydrogen) atoms. The Hall–Kier alpha value is -1.73. The average Bonchev–Trinajstić information content (AvgIpc) is 2.93. The van der Waals surface area contributed by atoms with E-state index in [2.05, 4.69) is 15.1 Å². The fourth-order valence-corrected chi connectivity index (χ4v) is 1.27. The summed E-state index contributed by atoms with van der Waals surface area (Å²) in [6.07, 6.45) is 2.05. The van der Waals surface area contributed by atoms with Crippen LogP contribution in [-0.4, -0.2) is 34.9 Å². The van der Waals surface area contributed by atoms with E-state index in [4.69, 9.17) is 19.4 Å². The van der Waals surface area contributed by atoms with Gasteiger partial charge in [-0.2, -0.15) is 4.98 Å². The second-order valence-corrected chi connectivity index (χ2v) is 3.41. The van der Waals surface area contributed by atoms with Crippen LogP contribution in [0.5, 0.6) is 0 Å². The molecule has 0 atom stereocenters. The van der Waals surface area contributed by atoms with E-state index in [9.17, 15) is 0 Å². The van der Waals surface area contributed by atoms with Crippen molar-refractivity contribution in [1.29, 1.82) is 0 Å². The van der Waals surface area contributed by atoms with Crippen molar-refractivity contribution < 1.29 is 13.7 Å². The fraction of sp³-hybridized carbons (Fsp3) is 0.500. The molecular formula is C10H14N4O3. The minimum atomic E-state index is 0.427. The van der Waals surface area contributed by atoms with Crippen molar-refractivity contribution in [2.75, 3.05) is 19.8 Å². The highest BCUT2D eigenvalue weighted by molar-refractivity contribution is 5.45. The lowest BCUT2D eigenvalue weighted by molar-refractivity contribution is 0.138. The largest absolute Gasteiger partial charge is 0.449 e. The number of aryl methyl sites for hydroxylation is 1. The van der Waals surface area contributed by atoms with Crippen molar-refractivity contribution in [1.82, 2.24) is 15.1 Å². The standard InChI is InChI=1S/C10H14N4O3/c1-7-12-8(6-16-7)10-13-9(17-14-10)2-4-15-5-3-11/h6H,2-5,11H2,1H3. The summed E-state index contributed by atoms with van der Waals surface area (Å²) in [6, 6.07) is 0. The average molecular weight is 238 g/mol. The van der Waals surface area contributed by atoms with Gasteiger partial charge in [0.05, 0.1) is 19.6 Å². The zero-order chi connectivity index (χ0) is 12.1. The van der Waals surface area contributed by atoms with Gasteiger partial charge in [0, 0.05) is 13.5 Å². The molecule has 0 aliphatic heterocycles. The Kier molecular flexibility index (Phi) is 3.84. The second-order valence-electron chi connectivity index (χ2n) is 3.41. The third kappa shape index (κ3) is 3.11. The molecule has 2 aromatic rings. The molecule has 2 heterocycles. The van der Waals surface area contributed by atoms with Crippen LogP contribution in [0.1, 0.15) is 11.8 Å². The molecule has 0 unspecified atom stereocenters. The molecule has 7 nitrogen and oxygen atoms in total. The Balaban J connectivity index is 1.92. The number of nitrogens with zero attached hydrogens (tertiary/aromatic N) is 3. The first-order valence-corrected chi connectivity index (χ1v) is 5.32. The van der Waals surface area contributed by atoms with Gasteiger partial charge in [-0.15, -0.1) is 0 Å². The molecule has 92 valence electrons. The highest BCUT2D eigenvalue weighted by atomic mass is 16.5. The predicted molar refractivity (Wildman–Crippen MR) is 58.1 cm³/mol. The van der Waals surface area contributed by atoms with Crippen LogP contribution in [0.25, 0.3) is 11.5 Å². The van der Waals surface area contributed by atoms with Gasteiger partial charge in [-0.1, -0.05) is 5.16 Å². The van der Waals surface area contributed by atoms with E-state index in [1.807, 2.05) is 0 Å². The highest BCUT2D eigenvalue weighted by Gasteiger charge is 2.11. The second kappa shape index (κ2) is 5.55. The van der Waals surface area contributed by atoms with Crippen LogP contribution in [-0.2, 0) is 11.2 Å². The third-order valence-corrected chi connectivity index (χ3v) is 2.04. The molecule has 2 N–H and O–H groups in total. The van der Waals surface area contributed by atoms with E-state index in [-0.39, 0.29) is 0 Å². The van der Waals surface area contributed by atoms with Crippen molar-refractivity contribution in [2.24, 2.45) is 5.73 Å². The van der Waals surface area contributed by atoms with Gasteiger partial charge in [-0.25, -0.2) is 4.98 Å². The number of nitrogens with two attached hydrogens (primary N) is 1. The first kappa shape index (κ1) is 11.7. The Morgan fingerprint density at radius 3 is 2.94 bits per heavy atom. The van der Waals surface area contributed by atoms with Gasteiger partial charge in [-0.3, -0.25) is 0 Å². The molecule has 0 amide bonds. The van der Waals surface area contributed by atoms with E-state index in [1.165, 1.54) is 6.26 Å². The van der Waals surface area contributed by atoms with Crippen LogP contribution in [0.15, 0.2) is 15.2 Å². The number of hydrogen-bond acceptors (Lipinski definition) is 7. The van der Waals surface area contributed by atoms with Gasteiger partial charge in [-0.05, 0) is 0 Å². The van der Waals surface area contributed by atoms with Crippen LogP contribution in [0.4, 0.5) is 0 Å². The Labute approximate surface area is 98.0 Å². The van der Waals surface area contributed by atoms with Crippen LogP contribution in [0, 0.1) is 6.92 Å². The van der Waals surface area contributed by atoms with E-state index < -0.39 is 0 Å². The maximum atomic E-state index is 5.30. The SMILES string of the molecule is Cc1nc(-c2noc(CCOCCN)n2)co1. The van der Waals surface area contributed by atoms with E-state index in [1.54, 1.807) is 6.92 Å². The van der Waals surface area contributed by atoms with Gasteiger partial charge in [0.15, 0.2) is 5.89 Å². The molecule has 2 rings (SSSR count). The first-order chi connectivity index (χ1) is 8.29. The minimum Gasteiger partial charge on any atom is -0.449 e. The molecule has 0 aliphatic rings. The molecule has 0 aliphatic carbocycles. The molecule has 0 saturated carbocycles. The Morgan fingerprint density at radius 2 is 2.24 bits per heavy atom. The van der Waals surface area contributed by atoms with Gasteiger partial charge >= 0.3 is 0 Å². The number of aromatic nitrogens is 3. The van der Waals surface area contributed by atoms with E-state index >= 15 is 0 Å². The molecule has 0 fully saturated rings. The van der Waals surface area contributed by atoms with Crippen molar-refractivity contribution in [3.63, 3.8) is 0 Å². The summed E-state index contributed by atoms with van der Waals surface area (Å²) in [5, 5.41) is 3.81. The maximum Gasteiger partial charge on any atom is 0.229 e. The highest BCUT2D eigenvalue weighted by Crippen LogP contribution is 2.14. The minimum absolute atomic E-state index is 0.427. The van der Waals surface area contributed by atoms with E-state index in [0.29, 0.717) is 49.5 Å². The molecule has 2 aromatic heterocycles. The monoisotopic (exact) mass is 238 g/mol. The van der Waals surface area contributed by atoms with E-state index in [0.717, 1.165) is 0 Å². The lowest BCUT2D eigenvalue weighted by atomic mass is 10.4. The van der Waals surface area contributed by atoms with Gasteiger partial charge < -0.3 is 19.4 Å². The maximum absolute atomic E-state index is 5.30. The van der Waals surface area contributed by atoms with Crippen LogP contribution in [0.2, 0.25) is 0 Å². The zero-order valence-electron chi connectivity index (χ0n) is 9.55. The lowest BCUT2D eigenvalue weighted by Gasteiger charge is -1.97. The molecular weight excluding hydrogens is 224 g/mol. The summed E-state index contributed by atoms with van der Waals surface area (Å²) < 4.78 is 15.3. The summed E-state index contributed by atoms with van der Waals surface area (Å²) in [4.78, 5) is 8.28. The van der Waals surface area contributed by atoms with Gasteiger partial charge in [0.2, 0.25) is 11.7 Å². The Bertz CT molecular complexity index is 466. The third-order valence-electron chi connectivity index (χ3n) is 2.04. The molecule has 0 aromatic carbocycles. The van der Waals surface area contributed by atoms with Crippen molar-refractivity contribution in [2.45, 2.75) is 13.3 Å². The zero-order valence-corrected chi connectivity index (χ0v) is 9.55. The van der Waals surface area contributed by atoms with Gasteiger partial charge in [0.25, 0.3) is 0 Å². The van der Waals surface area contributed by atoms with Crippen LogP contribution in [0.3, 0.4) is 0 Å². The number of rotatable bonds is 6. The number of hydrogen-bond donors (Lipinski definition) is 1. The van der Waals surface area contributed by atoms with Crippen molar-refractivity contribution in [3.8, 4) is 11.5 Å². The summed E-state index contributed by atoms with van der Waals surface area (Å²) >= 11 is 0. The molecule has 7 heteroatoms. The topological polar surface area (TPSA) is 100 Å². The number of ether oxygens (including phenoxy) is 1. The van der Waals surface area contributed by atoms with Crippen molar-refractivity contribution >= 4 is 0 Å². The quantitative estimate of drug-likeness (QED) is 0.733. The van der Waals surface area contributed by atoms with Gasteiger partial charge in [0.1, 0.15) is 12.0 Å². The number of oxazole rings is 1. The summed E-state index contributed by atoms with van der Waals surface area (Å²) in [7, 11) is 0. The smallest absolute Gasteiger partial charge is 0.229 e. The summed E-state index contributed by atoms with van der Waals surface area (Å²) in [6.45, 7) is 3.30. The molecule has 0 spiro atoms. The summed E-state index contributed by atoms with van der Waals surface area (Å²) in [5.74, 6) is 1.51. The van der Waals surface area contributed by atoms with Crippen LogP contribution < -0.4 is 5.73 Å². The normalized spacial score (nSPS) is 10.9. The predicted octanol–water partition coefficient (Wildman–Crippen LogP) is 0.551.